The van der Waals surface area contributed by atoms with Crippen LogP contribution >= 0.6 is 0 Å². The van der Waals surface area contributed by atoms with Crippen LogP contribution in [0.4, 0.5) is 0 Å². The fraction of sp³-hybridized carbons (Fsp3) is 0.875. The molecule has 0 atom stereocenters. The molecule has 2 nitrogen and oxygen atoms in total. The van der Waals surface area contributed by atoms with Gasteiger partial charge in [-0.15, -0.1) is 0 Å². The van der Waals surface area contributed by atoms with Gasteiger partial charge in [0.25, 0.3) is 0 Å². The third kappa shape index (κ3) is 4.63. The first-order valence-corrected chi connectivity index (χ1v) is 7.73. The van der Waals surface area contributed by atoms with E-state index in [1.807, 2.05) is 0 Å². The van der Waals surface area contributed by atoms with Crippen LogP contribution in [0.25, 0.3) is 0 Å². The summed E-state index contributed by atoms with van der Waals surface area (Å²) in [5.74, 6) is 6.89. The molecule has 0 amide bonds. The van der Waals surface area contributed by atoms with Crippen LogP contribution in [-0.2, 0) is 0 Å². The molecule has 0 saturated carbocycles. The Balaban J connectivity index is 4.51. The van der Waals surface area contributed by atoms with Crippen molar-refractivity contribution in [3.8, 4) is 11.8 Å². The molecule has 0 aromatic heterocycles. The molecule has 2 heteroatoms. The molecular weight excluding hydrogens is 220 g/mol. The van der Waals surface area contributed by atoms with Crippen molar-refractivity contribution in [3.63, 3.8) is 0 Å². The lowest BCUT2D eigenvalue weighted by Gasteiger charge is -2.34. The SMILES string of the molecule is CC[N+](CC)(CC)CC#CC[N+](CC)(CC)CC. The van der Waals surface area contributed by atoms with E-state index in [1.54, 1.807) is 0 Å². The Labute approximate surface area is 115 Å². The highest BCUT2D eigenvalue weighted by molar-refractivity contribution is 4.99. The zero-order chi connectivity index (χ0) is 14.1. The summed E-state index contributed by atoms with van der Waals surface area (Å²) in [5, 5.41) is 0. The van der Waals surface area contributed by atoms with Gasteiger partial charge in [-0.05, 0) is 53.4 Å². The van der Waals surface area contributed by atoms with Crippen molar-refractivity contribution < 1.29 is 8.97 Å². The van der Waals surface area contributed by atoms with E-state index in [9.17, 15) is 0 Å². The molecule has 0 saturated heterocycles. The molecule has 0 rings (SSSR count). The highest BCUT2D eigenvalue weighted by Gasteiger charge is 2.20. The van der Waals surface area contributed by atoms with Crippen LogP contribution < -0.4 is 0 Å². The molecule has 0 N–H and O–H groups in total. The van der Waals surface area contributed by atoms with E-state index >= 15 is 0 Å². The van der Waals surface area contributed by atoms with Crippen molar-refractivity contribution in [2.45, 2.75) is 41.5 Å². The first-order chi connectivity index (χ1) is 8.57. The number of nitrogens with zero attached hydrogens (tertiary/aromatic N) is 2. The largest absolute Gasteiger partial charge is 0.314 e. The molecule has 0 fully saturated rings. The summed E-state index contributed by atoms with van der Waals surface area (Å²) < 4.78 is 2.27. The van der Waals surface area contributed by atoms with Gasteiger partial charge in [0.2, 0.25) is 0 Å². The van der Waals surface area contributed by atoms with Gasteiger partial charge in [-0.25, -0.2) is 0 Å². The summed E-state index contributed by atoms with van der Waals surface area (Å²) in [6, 6.07) is 0. The van der Waals surface area contributed by atoms with E-state index in [4.69, 9.17) is 0 Å². The van der Waals surface area contributed by atoms with Gasteiger partial charge in [0.15, 0.2) is 0 Å². The maximum Gasteiger partial charge on any atom is 0.141 e. The van der Waals surface area contributed by atoms with Gasteiger partial charge < -0.3 is 8.97 Å². The Bertz CT molecular complexity index is 222. The molecule has 0 aliphatic carbocycles. The summed E-state index contributed by atoms with van der Waals surface area (Å²) in [7, 11) is 0. The molecule has 0 spiro atoms. The normalized spacial score (nSPS) is 12.1. The Morgan fingerprint density at radius 2 is 0.722 bits per heavy atom. The van der Waals surface area contributed by atoms with Crippen molar-refractivity contribution in [2.24, 2.45) is 0 Å². The maximum absolute atomic E-state index is 3.44. The summed E-state index contributed by atoms with van der Waals surface area (Å²) in [4.78, 5) is 0. The Morgan fingerprint density at radius 1 is 0.500 bits per heavy atom. The van der Waals surface area contributed by atoms with Crippen molar-refractivity contribution in [3.05, 3.63) is 0 Å². The van der Waals surface area contributed by atoms with E-state index in [0.717, 1.165) is 22.1 Å². The van der Waals surface area contributed by atoms with Gasteiger partial charge in [0, 0.05) is 0 Å². The smallest absolute Gasteiger partial charge is 0.141 e. The lowest BCUT2D eigenvalue weighted by atomic mass is 10.3. The molecule has 0 unspecified atom stereocenters. The highest BCUT2D eigenvalue weighted by atomic mass is 15.3. The van der Waals surface area contributed by atoms with Crippen LogP contribution in [0.2, 0.25) is 0 Å². The van der Waals surface area contributed by atoms with Crippen LogP contribution in [0.15, 0.2) is 0 Å². The monoisotopic (exact) mass is 254 g/mol. The van der Waals surface area contributed by atoms with Crippen LogP contribution in [0.1, 0.15) is 41.5 Å². The van der Waals surface area contributed by atoms with E-state index in [2.05, 4.69) is 53.4 Å². The van der Waals surface area contributed by atoms with E-state index < -0.39 is 0 Å². The molecule has 0 bridgehead atoms. The molecular formula is C16H34N2+2. The quantitative estimate of drug-likeness (QED) is 0.461. The van der Waals surface area contributed by atoms with Crippen LogP contribution in [0.3, 0.4) is 0 Å². The van der Waals surface area contributed by atoms with E-state index in [-0.39, 0.29) is 0 Å². The van der Waals surface area contributed by atoms with Crippen molar-refractivity contribution >= 4 is 0 Å². The van der Waals surface area contributed by atoms with Gasteiger partial charge in [0.1, 0.15) is 13.1 Å². The first-order valence-electron chi connectivity index (χ1n) is 7.73. The van der Waals surface area contributed by atoms with E-state index in [0.29, 0.717) is 0 Å². The zero-order valence-corrected chi connectivity index (χ0v) is 13.6. The summed E-state index contributed by atoms with van der Waals surface area (Å²) in [6.07, 6.45) is 0. The van der Waals surface area contributed by atoms with Crippen molar-refractivity contribution in [2.75, 3.05) is 52.4 Å². The Kier molecular flexibility index (Phi) is 8.31. The topological polar surface area (TPSA) is 0 Å². The number of hydrogen-bond acceptors (Lipinski definition) is 0. The lowest BCUT2D eigenvalue weighted by Crippen LogP contribution is -2.48. The minimum absolute atomic E-state index is 1.01. The predicted molar refractivity (Wildman–Crippen MR) is 81.3 cm³/mol. The van der Waals surface area contributed by atoms with Gasteiger partial charge in [0.05, 0.1) is 39.3 Å². The third-order valence-electron chi connectivity index (χ3n) is 4.98. The molecule has 0 aliphatic heterocycles. The molecule has 0 aromatic carbocycles. The molecule has 0 heterocycles. The van der Waals surface area contributed by atoms with Gasteiger partial charge in [-0.3, -0.25) is 0 Å². The van der Waals surface area contributed by atoms with Crippen molar-refractivity contribution in [1.82, 2.24) is 0 Å². The number of hydrogen-bond donors (Lipinski definition) is 0. The van der Waals surface area contributed by atoms with Gasteiger partial charge in [-0.1, -0.05) is 0 Å². The lowest BCUT2D eigenvalue weighted by molar-refractivity contribution is -0.918. The Hall–Kier alpha value is -0.520. The van der Waals surface area contributed by atoms with Crippen LogP contribution in [0.5, 0.6) is 0 Å². The molecule has 0 aliphatic rings. The summed E-state index contributed by atoms with van der Waals surface area (Å²) in [6.45, 7) is 22.8. The average Bonchev–Trinajstić information content (AvgIpc) is 2.45. The zero-order valence-electron chi connectivity index (χ0n) is 13.6. The second kappa shape index (κ2) is 8.56. The fourth-order valence-corrected chi connectivity index (χ4v) is 2.46. The standard InChI is InChI=1S/C16H34N2/c1-7-17(8-2,9-3)15-13-14-16-18(10-4,11-5)12-6/h7-12,15-16H2,1-6H3/q+2. The molecule has 106 valence electrons. The number of quaternary nitrogens is 2. The Morgan fingerprint density at radius 3 is 0.889 bits per heavy atom. The van der Waals surface area contributed by atoms with E-state index in [1.165, 1.54) is 39.3 Å². The minimum Gasteiger partial charge on any atom is -0.314 e. The minimum atomic E-state index is 1.01. The van der Waals surface area contributed by atoms with Gasteiger partial charge in [-0.2, -0.15) is 0 Å². The van der Waals surface area contributed by atoms with Crippen LogP contribution in [0, 0.1) is 11.8 Å². The van der Waals surface area contributed by atoms with Crippen molar-refractivity contribution in [1.29, 1.82) is 0 Å². The molecule has 0 aromatic rings. The molecule has 0 radical (unpaired) electrons. The fourth-order valence-electron chi connectivity index (χ4n) is 2.46. The second-order valence-corrected chi connectivity index (χ2v) is 5.25. The van der Waals surface area contributed by atoms with Gasteiger partial charge >= 0.3 is 0 Å². The third-order valence-corrected chi connectivity index (χ3v) is 4.98. The maximum atomic E-state index is 3.44. The molecule has 18 heavy (non-hydrogen) atoms. The predicted octanol–water partition coefficient (Wildman–Crippen LogP) is 2.74. The summed E-state index contributed by atoms with van der Waals surface area (Å²) in [5.41, 5.74) is 0. The highest BCUT2D eigenvalue weighted by Crippen LogP contribution is 2.06. The number of rotatable bonds is 8. The second-order valence-electron chi connectivity index (χ2n) is 5.25. The first kappa shape index (κ1) is 17.5. The summed E-state index contributed by atoms with van der Waals surface area (Å²) >= 11 is 0. The van der Waals surface area contributed by atoms with Crippen LogP contribution in [-0.4, -0.2) is 61.3 Å². The average molecular weight is 254 g/mol.